The molecule has 0 saturated carbocycles. The lowest BCUT2D eigenvalue weighted by Gasteiger charge is -2.19. The van der Waals surface area contributed by atoms with Crippen LogP contribution in [0.1, 0.15) is 12.0 Å². The lowest BCUT2D eigenvalue weighted by Crippen LogP contribution is -2.39. The topological polar surface area (TPSA) is 77.8 Å². The highest BCUT2D eigenvalue weighted by molar-refractivity contribution is 6.35. The van der Waals surface area contributed by atoms with Gasteiger partial charge in [0.15, 0.2) is 0 Å². The molecule has 1 aliphatic rings. The largest absolute Gasteiger partial charge is 0.480 e. The summed E-state index contributed by atoms with van der Waals surface area (Å²) in [6.45, 7) is 0.00842. The van der Waals surface area contributed by atoms with Crippen LogP contribution in [0, 0.1) is 0 Å². The van der Waals surface area contributed by atoms with Crippen molar-refractivity contribution >= 4 is 41.2 Å². The molecule has 112 valence electrons. The third kappa shape index (κ3) is 3.75. The lowest BCUT2D eigenvalue weighted by atomic mass is 10.2. The molecular formula is C14H13Cl2NO4. The van der Waals surface area contributed by atoms with E-state index < -0.39 is 24.0 Å². The minimum absolute atomic E-state index is 0.00842. The molecule has 21 heavy (non-hydrogen) atoms. The standard InChI is InChI=1S/C14H13Cl2NO4/c15-9-3-1-8(11(16)5-9)2-4-13(19)17-7-10(18)6-12(17)14(20)21/h1-5,10,12,18H,6-7H2,(H,20,21)/b4-2+. The van der Waals surface area contributed by atoms with E-state index in [1.165, 1.54) is 12.2 Å². The maximum Gasteiger partial charge on any atom is 0.326 e. The van der Waals surface area contributed by atoms with Crippen LogP contribution in [0.25, 0.3) is 6.08 Å². The Morgan fingerprint density at radius 3 is 2.67 bits per heavy atom. The van der Waals surface area contributed by atoms with Crippen LogP contribution in [0.3, 0.4) is 0 Å². The van der Waals surface area contributed by atoms with Crippen LogP contribution < -0.4 is 0 Å². The molecule has 1 heterocycles. The molecule has 1 saturated heterocycles. The predicted octanol–water partition coefficient (Wildman–Crippen LogP) is 2.05. The fourth-order valence-electron chi connectivity index (χ4n) is 2.18. The molecular weight excluding hydrogens is 317 g/mol. The van der Waals surface area contributed by atoms with E-state index in [-0.39, 0.29) is 13.0 Å². The summed E-state index contributed by atoms with van der Waals surface area (Å²) < 4.78 is 0. The fraction of sp³-hybridized carbons (Fsp3) is 0.286. The van der Waals surface area contributed by atoms with Gasteiger partial charge in [0.25, 0.3) is 0 Å². The van der Waals surface area contributed by atoms with E-state index in [9.17, 15) is 14.7 Å². The van der Waals surface area contributed by atoms with Crippen molar-refractivity contribution < 1.29 is 19.8 Å². The number of benzene rings is 1. The number of nitrogens with zero attached hydrogens (tertiary/aromatic N) is 1. The van der Waals surface area contributed by atoms with Crippen LogP contribution in [-0.4, -0.2) is 45.7 Å². The number of aliphatic hydroxyl groups excluding tert-OH is 1. The molecule has 1 fully saturated rings. The summed E-state index contributed by atoms with van der Waals surface area (Å²) in [5, 5.41) is 19.4. The lowest BCUT2D eigenvalue weighted by molar-refractivity contribution is -0.146. The van der Waals surface area contributed by atoms with E-state index in [0.717, 1.165) is 4.90 Å². The van der Waals surface area contributed by atoms with Crippen LogP contribution in [0.15, 0.2) is 24.3 Å². The molecule has 1 aromatic rings. The zero-order valence-corrected chi connectivity index (χ0v) is 12.4. The molecule has 0 radical (unpaired) electrons. The van der Waals surface area contributed by atoms with Gasteiger partial charge in [0.1, 0.15) is 6.04 Å². The number of carboxylic acids is 1. The molecule has 2 N–H and O–H groups in total. The van der Waals surface area contributed by atoms with Gasteiger partial charge >= 0.3 is 5.97 Å². The van der Waals surface area contributed by atoms with Gasteiger partial charge in [0.05, 0.1) is 6.10 Å². The second-order valence-electron chi connectivity index (χ2n) is 4.73. The molecule has 0 bridgehead atoms. The van der Waals surface area contributed by atoms with E-state index in [1.54, 1.807) is 18.2 Å². The van der Waals surface area contributed by atoms with E-state index in [0.29, 0.717) is 15.6 Å². The third-order valence-electron chi connectivity index (χ3n) is 3.22. The summed E-state index contributed by atoms with van der Waals surface area (Å²) in [6, 6.07) is 3.84. The first-order chi connectivity index (χ1) is 9.88. The highest BCUT2D eigenvalue weighted by Crippen LogP contribution is 2.23. The number of aliphatic hydroxyl groups is 1. The predicted molar refractivity (Wildman–Crippen MR) is 79.3 cm³/mol. The highest BCUT2D eigenvalue weighted by Gasteiger charge is 2.37. The second kappa shape index (κ2) is 6.47. The average molecular weight is 330 g/mol. The summed E-state index contributed by atoms with van der Waals surface area (Å²) in [7, 11) is 0. The Labute approximate surface area is 131 Å². The summed E-state index contributed by atoms with van der Waals surface area (Å²) in [5.74, 6) is -1.61. The first-order valence-electron chi connectivity index (χ1n) is 6.23. The van der Waals surface area contributed by atoms with Crippen molar-refractivity contribution in [3.05, 3.63) is 39.9 Å². The summed E-state index contributed by atoms with van der Waals surface area (Å²) in [6.07, 6.45) is 1.95. The van der Waals surface area contributed by atoms with Crippen LogP contribution in [0.2, 0.25) is 10.0 Å². The molecule has 1 aromatic carbocycles. The summed E-state index contributed by atoms with van der Waals surface area (Å²) in [5.41, 5.74) is 0.598. The minimum atomic E-state index is -1.13. The molecule has 2 rings (SSSR count). The molecule has 5 nitrogen and oxygen atoms in total. The third-order valence-corrected chi connectivity index (χ3v) is 3.78. The molecule has 1 amide bonds. The highest BCUT2D eigenvalue weighted by atomic mass is 35.5. The van der Waals surface area contributed by atoms with Gasteiger partial charge in [0.2, 0.25) is 5.91 Å². The number of β-amino-alcohol motifs (C(OH)–C–C–N with tert-alkyl or cyclic N) is 1. The van der Waals surface area contributed by atoms with Crippen molar-refractivity contribution in [1.82, 2.24) is 4.90 Å². The zero-order chi connectivity index (χ0) is 15.6. The number of carbonyl (C=O) groups excluding carboxylic acids is 1. The molecule has 0 aromatic heterocycles. The molecule has 1 aliphatic heterocycles. The number of aliphatic carboxylic acids is 1. The van der Waals surface area contributed by atoms with Crippen LogP contribution in [-0.2, 0) is 9.59 Å². The first-order valence-corrected chi connectivity index (χ1v) is 6.98. The quantitative estimate of drug-likeness (QED) is 0.832. The molecule has 7 heteroatoms. The van der Waals surface area contributed by atoms with E-state index in [1.807, 2.05) is 0 Å². The van der Waals surface area contributed by atoms with E-state index in [4.69, 9.17) is 28.3 Å². The van der Waals surface area contributed by atoms with Crippen LogP contribution >= 0.6 is 23.2 Å². The van der Waals surface area contributed by atoms with Crippen molar-refractivity contribution in [2.75, 3.05) is 6.54 Å². The van der Waals surface area contributed by atoms with Crippen molar-refractivity contribution in [2.24, 2.45) is 0 Å². The van der Waals surface area contributed by atoms with Crippen molar-refractivity contribution in [3.8, 4) is 0 Å². The van der Waals surface area contributed by atoms with Crippen LogP contribution in [0.4, 0.5) is 0 Å². The molecule has 0 spiro atoms. The Balaban J connectivity index is 2.13. The Kier molecular flexibility index (Phi) is 4.88. The summed E-state index contributed by atoms with van der Waals surface area (Å²) in [4.78, 5) is 24.2. The fourth-order valence-corrected chi connectivity index (χ4v) is 2.66. The maximum absolute atomic E-state index is 12.1. The summed E-state index contributed by atoms with van der Waals surface area (Å²) >= 11 is 11.8. The van der Waals surface area contributed by atoms with Crippen molar-refractivity contribution in [3.63, 3.8) is 0 Å². The Bertz CT molecular complexity index is 603. The van der Waals surface area contributed by atoms with Gasteiger partial charge in [-0.2, -0.15) is 0 Å². The van der Waals surface area contributed by atoms with Crippen molar-refractivity contribution in [2.45, 2.75) is 18.6 Å². The first kappa shape index (κ1) is 15.8. The second-order valence-corrected chi connectivity index (χ2v) is 5.58. The van der Waals surface area contributed by atoms with Gasteiger partial charge in [-0.3, -0.25) is 4.79 Å². The number of carboxylic acid groups (broad SMARTS) is 1. The number of amides is 1. The van der Waals surface area contributed by atoms with Gasteiger partial charge in [-0.1, -0.05) is 29.3 Å². The number of carbonyl (C=O) groups is 2. The number of halogens is 2. The van der Waals surface area contributed by atoms with E-state index >= 15 is 0 Å². The van der Waals surface area contributed by atoms with E-state index in [2.05, 4.69) is 0 Å². The average Bonchev–Trinajstić information content (AvgIpc) is 2.80. The molecule has 2 unspecified atom stereocenters. The number of likely N-dealkylation sites (tertiary alicyclic amines) is 1. The zero-order valence-electron chi connectivity index (χ0n) is 10.9. The Morgan fingerprint density at radius 1 is 1.33 bits per heavy atom. The maximum atomic E-state index is 12.1. The molecule has 0 aliphatic carbocycles. The van der Waals surface area contributed by atoms with Crippen LogP contribution in [0.5, 0.6) is 0 Å². The van der Waals surface area contributed by atoms with Crippen molar-refractivity contribution in [1.29, 1.82) is 0 Å². The number of hydrogen-bond donors (Lipinski definition) is 2. The SMILES string of the molecule is O=C(O)C1CC(O)CN1C(=O)/C=C/c1ccc(Cl)cc1Cl. The van der Waals surface area contributed by atoms with Gasteiger partial charge < -0.3 is 15.1 Å². The van der Waals surface area contributed by atoms with Gasteiger partial charge in [-0.15, -0.1) is 0 Å². The monoisotopic (exact) mass is 329 g/mol. The molecule has 2 atom stereocenters. The Hall–Kier alpha value is -1.56. The number of rotatable bonds is 3. The number of hydrogen-bond acceptors (Lipinski definition) is 3. The van der Waals surface area contributed by atoms with Gasteiger partial charge in [-0.25, -0.2) is 4.79 Å². The van der Waals surface area contributed by atoms with Gasteiger partial charge in [0, 0.05) is 29.1 Å². The van der Waals surface area contributed by atoms with Gasteiger partial charge in [-0.05, 0) is 23.8 Å². The Morgan fingerprint density at radius 2 is 2.05 bits per heavy atom. The normalized spacial score (nSPS) is 22.0. The smallest absolute Gasteiger partial charge is 0.326 e. The minimum Gasteiger partial charge on any atom is -0.480 e.